The summed E-state index contributed by atoms with van der Waals surface area (Å²) in [4.78, 5) is 12.8. The molecule has 0 aliphatic heterocycles. The first-order valence-electron chi connectivity index (χ1n) is 8.23. The van der Waals surface area contributed by atoms with E-state index in [4.69, 9.17) is 16.3 Å². The van der Waals surface area contributed by atoms with Gasteiger partial charge in [-0.3, -0.25) is 4.99 Å². The van der Waals surface area contributed by atoms with Gasteiger partial charge in [-0.1, -0.05) is 37.3 Å². The molecule has 0 atom stereocenters. The summed E-state index contributed by atoms with van der Waals surface area (Å²) >= 11 is 6.17. The second kappa shape index (κ2) is 8.45. The third-order valence-corrected chi connectivity index (χ3v) is 5.83. The van der Waals surface area contributed by atoms with Crippen molar-refractivity contribution < 1.29 is 4.74 Å². The topological polar surface area (TPSA) is 59.4 Å². The van der Waals surface area contributed by atoms with Crippen LogP contribution in [0.15, 0.2) is 29.4 Å². The minimum Gasteiger partial charge on any atom is -0.478 e. The van der Waals surface area contributed by atoms with Gasteiger partial charge in [-0.05, 0) is 37.4 Å². The molecule has 0 radical (unpaired) electrons. The monoisotopic (exact) mass is 376 g/mol. The minimum atomic E-state index is -1.17. The Kier molecular flexibility index (Phi) is 6.55. The van der Waals surface area contributed by atoms with E-state index >= 15 is 0 Å². The maximum Gasteiger partial charge on any atom is 0.230 e. The van der Waals surface area contributed by atoms with Crippen molar-refractivity contribution in [2.24, 2.45) is 4.99 Å². The van der Waals surface area contributed by atoms with Gasteiger partial charge in [0.15, 0.2) is 0 Å². The molecule has 0 aliphatic carbocycles. The number of benzene rings is 1. The van der Waals surface area contributed by atoms with Gasteiger partial charge in [0.05, 0.1) is 18.7 Å². The lowest BCUT2D eigenvalue weighted by Gasteiger charge is -2.17. The second-order valence-electron chi connectivity index (χ2n) is 7.10. The Morgan fingerprint density at radius 1 is 1.32 bits per heavy atom. The summed E-state index contributed by atoms with van der Waals surface area (Å²) in [6, 6.07) is 6.75. The summed E-state index contributed by atoms with van der Waals surface area (Å²) < 4.78 is 5.93. The smallest absolute Gasteiger partial charge is 0.230 e. The molecule has 0 fully saturated rings. The van der Waals surface area contributed by atoms with Gasteiger partial charge in [0.2, 0.25) is 11.8 Å². The van der Waals surface area contributed by atoms with Crippen molar-refractivity contribution in [3.05, 3.63) is 40.5 Å². The summed E-state index contributed by atoms with van der Waals surface area (Å²) in [6.07, 6.45) is 1.73. The number of hydrogen-bond donors (Lipinski definition) is 1. The van der Waals surface area contributed by atoms with Crippen molar-refractivity contribution >= 4 is 38.0 Å². The molecule has 5 nitrogen and oxygen atoms in total. The number of nitrogens with zero attached hydrogens (tertiary/aromatic N) is 3. The SMILES string of the molecule is C=NCc1cnc(Nc2cccc(Cl)c2C)nc1OCC[Si](C)(C)C. The Hall–Kier alpha value is -1.92. The number of halogens is 1. The molecule has 1 aromatic carbocycles. The number of hydrogen-bond acceptors (Lipinski definition) is 5. The Balaban J connectivity index is 2.20. The summed E-state index contributed by atoms with van der Waals surface area (Å²) in [5.41, 5.74) is 2.65. The molecule has 134 valence electrons. The Bertz CT molecular complexity index is 746. The first-order chi connectivity index (χ1) is 11.8. The molecule has 1 aromatic heterocycles. The van der Waals surface area contributed by atoms with E-state index in [1.165, 1.54) is 0 Å². The molecule has 0 spiro atoms. The lowest BCUT2D eigenvalue weighted by molar-refractivity contribution is 0.321. The van der Waals surface area contributed by atoms with Crippen LogP contribution in [0.2, 0.25) is 30.7 Å². The van der Waals surface area contributed by atoms with Crippen LogP contribution in [0, 0.1) is 6.92 Å². The van der Waals surface area contributed by atoms with Crippen molar-refractivity contribution in [1.82, 2.24) is 9.97 Å². The highest BCUT2D eigenvalue weighted by molar-refractivity contribution is 6.76. The number of ether oxygens (including phenoxy) is 1. The van der Waals surface area contributed by atoms with Gasteiger partial charge in [-0.2, -0.15) is 4.98 Å². The minimum absolute atomic E-state index is 0.429. The predicted octanol–water partition coefficient (Wildman–Crippen LogP) is 5.10. The molecule has 1 heterocycles. The molecule has 7 heteroatoms. The van der Waals surface area contributed by atoms with Crippen molar-refractivity contribution in [3.8, 4) is 5.88 Å². The summed E-state index contributed by atoms with van der Waals surface area (Å²) in [6.45, 7) is 13.5. The summed E-state index contributed by atoms with van der Waals surface area (Å²) in [5.74, 6) is 1.03. The average Bonchev–Trinajstić information content (AvgIpc) is 2.53. The quantitative estimate of drug-likeness (QED) is 0.514. The highest BCUT2D eigenvalue weighted by atomic mass is 35.5. The van der Waals surface area contributed by atoms with Crippen molar-refractivity contribution in [2.75, 3.05) is 11.9 Å². The standard InChI is InChI=1S/C18H25ClN4OSi/c1-13-15(19)7-6-8-16(13)22-18-21-12-14(11-20-2)17(23-18)24-9-10-25(3,4)5/h6-8,12H,2,9-11H2,1,3-5H3,(H,21,22,23). The number of aliphatic imine (C=N–C) groups is 1. The van der Waals surface area contributed by atoms with Gasteiger partial charge < -0.3 is 10.1 Å². The first-order valence-corrected chi connectivity index (χ1v) is 12.3. The predicted molar refractivity (Wildman–Crippen MR) is 108 cm³/mol. The zero-order valence-electron chi connectivity index (χ0n) is 15.3. The third kappa shape index (κ3) is 5.83. The van der Waals surface area contributed by atoms with E-state index in [0.717, 1.165) is 22.9 Å². The Labute approximate surface area is 155 Å². The molecule has 25 heavy (non-hydrogen) atoms. The van der Waals surface area contributed by atoms with Crippen LogP contribution in [0.4, 0.5) is 11.6 Å². The molecule has 0 amide bonds. The van der Waals surface area contributed by atoms with Gasteiger partial charge in [0.25, 0.3) is 0 Å². The molecular weight excluding hydrogens is 352 g/mol. The Morgan fingerprint density at radius 3 is 2.76 bits per heavy atom. The molecular formula is C18H25ClN4OSi. The molecule has 2 aromatic rings. The van der Waals surface area contributed by atoms with Gasteiger partial charge in [-0.15, -0.1) is 0 Å². The molecule has 2 rings (SSSR count). The van der Waals surface area contributed by atoms with Crippen LogP contribution in [0.5, 0.6) is 5.88 Å². The summed E-state index contributed by atoms with van der Waals surface area (Å²) in [7, 11) is -1.17. The fourth-order valence-electron chi connectivity index (χ4n) is 2.12. The molecule has 1 N–H and O–H groups in total. The van der Waals surface area contributed by atoms with E-state index in [2.05, 4.69) is 46.6 Å². The summed E-state index contributed by atoms with van der Waals surface area (Å²) in [5, 5.41) is 3.90. The van der Waals surface area contributed by atoms with Crippen LogP contribution >= 0.6 is 11.6 Å². The highest BCUT2D eigenvalue weighted by Crippen LogP contribution is 2.26. The van der Waals surface area contributed by atoms with E-state index in [0.29, 0.717) is 30.0 Å². The zero-order valence-corrected chi connectivity index (χ0v) is 17.0. The van der Waals surface area contributed by atoms with E-state index in [1.54, 1.807) is 6.20 Å². The number of nitrogens with one attached hydrogen (secondary N) is 1. The van der Waals surface area contributed by atoms with Crippen molar-refractivity contribution in [3.63, 3.8) is 0 Å². The van der Waals surface area contributed by atoms with Gasteiger partial charge >= 0.3 is 0 Å². The normalized spacial score (nSPS) is 11.2. The van der Waals surface area contributed by atoms with E-state index < -0.39 is 8.07 Å². The van der Waals surface area contributed by atoms with E-state index in [-0.39, 0.29) is 0 Å². The van der Waals surface area contributed by atoms with Crippen LogP contribution in [0.3, 0.4) is 0 Å². The Morgan fingerprint density at radius 2 is 2.08 bits per heavy atom. The van der Waals surface area contributed by atoms with Crippen LogP contribution in [-0.4, -0.2) is 31.4 Å². The largest absolute Gasteiger partial charge is 0.478 e. The maximum atomic E-state index is 6.17. The maximum absolute atomic E-state index is 6.17. The van der Waals surface area contributed by atoms with Crippen LogP contribution in [0.1, 0.15) is 11.1 Å². The molecule has 0 saturated heterocycles. The van der Waals surface area contributed by atoms with E-state index in [1.807, 2.05) is 25.1 Å². The highest BCUT2D eigenvalue weighted by Gasteiger charge is 2.15. The molecule has 0 saturated carbocycles. The second-order valence-corrected chi connectivity index (χ2v) is 13.1. The number of rotatable bonds is 8. The first kappa shape index (κ1) is 19.4. The zero-order chi connectivity index (χ0) is 18.4. The molecule has 0 bridgehead atoms. The van der Waals surface area contributed by atoms with Gasteiger partial charge in [-0.25, -0.2) is 4.98 Å². The van der Waals surface area contributed by atoms with Gasteiger partial charge in [0, 0.05) is 25.0 Å². The molecule has 0 unspecified atom stereocenters. The van der Waals surface area contributed by atoms with Crippen molar-refractivity contribution in [2.45, 2.75) is 39.2 Å². The number of aromatic nitrogens is 2. The van der Waals surface area contributed by atoms with Gasteiger partial charge in [0.1, 0.15) is 0 Å². The number of anilines is 2. The van der Waals surface area contributed by atoms with Crippen molar-refractivity contribution in [1.29, 1.82) is 0 Å². The lowest BCUT2D eigenvalue weighted by atomic mass is 10.2. The fraction of sp³-hybridized carbons (Fsp3) is 0.389. The third-order valence-electron chi connectivity index (χ3n) is 3.71. The van der Waals surface area contributed by atoms with Crippen LogP contribution < -0.4 is 10.1 Å². The van der Waals surface area contributed by atoms with E-state index in [9.17, 15) is 0 Å². The van der Waals surface area contributed by atoms with Crippen LogP contribution in [-0.2, 0) is 6.54 Å². The average molecular weight is 377 g/mol. The van der Waals surface area contributed by atoms with Crippen LogP contribution in [0.25, 0.3) is 0 Å². The molecule has 0 aliphatic rings. The lowest BCUT2D eigenvalue weighted by Crippen LogP contribution is -2.22. The fourth-order valence-corrected chi connectivity index (χ4v) is 3.01.